The molecule has 0 saturated carbocycles. The highest BCUT2D eigenvalue weighted by Gasteiger charge is 2.18. The molecule has 0 atom stereocenters. The van der Waals surface area contributed by atoms with Gasteiger partial charge in [-0.1, -0.05) is 78.9 Å². The third-order valence-electron chi connectivity index (χ3n) is 6.32. The molecule has 0 saturated heterocycles. The maximum atomic E-state index is 5.92. The number of hydrazine groups is 1. The first-order chi connectivity index (χ1) is 15.3. The minimum atomic E-state index is 0.730. The molecule has 7 rings (SSSR count). The number of thiophene rings is 1. The van der Waals surface area contributed by atoms with Gasteiger partial charge in [0.2, 0.25) is 0 Å². The number of fused-ring (bicyclic) bond motifs is 11. The van der Waals surface area contributed by atoms with Crippen molar-refractivity contribution < 1.29 is 0 Å². The van der Waals surface area contributed by atoms with Crippen LogP contribution in [0.5, 0.6) is 0 Å². The number of nitrogen functional groups attached to an aromatic ring is 1. The van der Waals surface area contributed by atoms with Gasteiger partial charge in [-0.05, 0) is 38.4 Å². The van der Waals surface area contributed by atoms with Crippen LogP contribution in [0.3, 0.4) is 0 Å². The van der Waals surface area contributed by atoms with Crippen LogP contribution in [0.2, 0.25) is 0 Å². The standard InChI is InChI=1S/C27H17N3S/c28-30-27-26-24(21-12-10-16-6-2-4-8-18(16)25(21)31-26)23-20-11-9-15-5-1-3-7-17(15)19(20)13-14-22(23)29-27/h1-14H,28H2,(H,29,30). The van der Waals surface area contributed by atoms with Crippen molar-refractivity contribution in [2.75, 3.05) is 5.43 Å². The van der Waals surface area contributed by atoms with Crippen LogP contribution < -0.4 is 11.3 Å². The van der Waals surface area contributed by atoms with Gasteiger partial charge >= 0.3 is 0 Å². The normalized spacial score (nSPS) is 12.0. The van der Waals surface area contributed by atoms with Gasteiger partial charge in [-0.25, -0.2) is 10.8 Å². The van der Waals surface area contributed by atoms with Crippen molar-refractivity contribution in [3.8, 4) is 0 Å². The fourth-order valence-electron chi connectivity index (χ4n) is 4.94. The van der Waals surface area contributed by atoms with Crippen LogP contribution >= 0.6 is 11.3 Å². The molecular weight excluding hydrogens is 398 g/mol. The number of anilines is 1. The number of nitrogens with two attached hydrogens (primary N) is 1. The Bertz CT molecular complexity index is 1830. The van der Waals surface area contributed by atoms with Crippen molar-refractivity contribution in [3.63, 3.8) is 0 Å². The Morgan fingerprint density at radius 3 is 2.06 bits per heavy atom. The lowest BCUT2D eigenvalue weighted by Gasteiger charge is -2.11. The molecule has 2 heterocycles. The Morgan fingerprint density at radius 1 is 0.581 bits per heavy atom. The molecule has 3 nitrogen and oxygen atoms in total. The fraction of sp³-hybridized carbons (Fsp3) is 0. The molecule has 4 heteroatoms. The third-order valence-corrected chi connectivity index (χ3v) is 7.56. The Hall–Kier alpha value is -3.73. The van der Waals surface area contributed by atoms with E-state index in [9.17, 15) is 0 Å². The lowest BCUT2D eigenvalue weighted by Crippen LogP contribution is -2.08. The highest BCUT2D eigenvalue weighted by molar-refractivity contribution is 7.27. The molecule has 0 aliphatic heterocycles. The SMILES string of the molecule is NNc1nc2ccc3c4ccccc4ccc3c2c2c1sc1c3ccccc3ccc12. The molecule has 0 fully saturated rings. The highest BCUT2D eigenvalue weighted by atomic mass is 32.1. The molecule has 7 aromatic rings. The Morgan fingerprint density at radius 2 is 1.26 bits per heavy atom. The zero-order valence-corrected chi connectivity index (χ0v) is 17.3. The predicted molar refractivity (Wildman–Crippen MR) is 135 cm³/mol. The van der Waals surface area contributed by atoms with E-state index in [1.165, 1.54) is 53.2 Å². The van der Waals surface area contributed by atoms with E-state index < -0.39 is 0 Å². The smallest absolute Gasteiger partial charge is 0.158 e. The number of hydrogen-bond acceptors (Lipinski definition) is 4. The summed E-state index contributed by atoms with van der Waals surface area (Å²) >= 11 is 1.76. The Kier molecular flexibility index (Phi) is 3.37. The first kappa shape index (κ1) is 17.0. The lowest BCUT2D eigenvalue weighted by atomic mass is 9.96. The minimum absolute atomic E-state index is 0.730. The van der Waals surface area contributed by atoms with E-state index in [-0.39, 0.29) is 0 Å². The summed E-state index contributed by atoms with van der Waals surface area (Å²) in [7, 11) is 0. The summed E-state index contributed by atoms with van der Waals surface area (Å²) in [6.07, 6.45) is 0. The molecule has 0 radical (unpaired) electrons. The van der Waals surface area contributed by atoms with Gasteiger partial charge in [0.25, 0.3) is 0 Å². The summed E-state index contributed by atoms with van der Waals surface area (Å²) in [5, 5.41) is 11.2. The molecule has 0 amide bonds. The van der Waals surface area contributed by atoms with E-state index in [1.54, 1.807) is 11.3 Å². The van der Waals surface area contributed by atoms with Crippen LogP contribution in [0, 0.1) is 0 Å². The highest BCUT2D eigenvalue weighted by Crippen LogP contribution is 2.46. The minimum Gasteiger partial charge on any atom is -0.307 e. The number of nitrogens with zero attached hydrogens (tertiary/aromatic N) is 1. The van der Waals surface area contributed by atoms with Gasteiger partial charge in [0.15, 0.2) is 5.82 Å². The summed E-state index contributed by atoms with van der Waals surface area (Å²) in [6.45, 7) is 0. The van der Waals surface area contributed by atoms with Crippen molar-refractivity contribution >= 4 is 80.5 Å². The maximum absolute atomic E-state index is 5.92. The summed E-state index contributed by atoms with van der Waals surface area (Å²) in [6, 6.07) is 30.3. The predicted octanol–water partition coefficient (Wildman–Crippen LogP) is 7.35. The number of nitrogens with one attached hydrogen (secondary N) is 1. The van der Waals surface area contributed by atoms with Crippen LogP contribution in [0.4, 0.5) is 5.82 Å². The fourth-order valence-corrected chi connectivity index (χ4v) is 6.24. The molecule has 0 aliphatic carbocycles. The van der Waals surface area contributed by atoms with Gasteiger partial charge in [0, 0.05) is 20.9 Å². The van der Waals surface area contributed by atoms with Crippen molar-refractivity contribution in [1.29, 1.82) is 0 Å². The molecule has 146 valence electrons. The Labute approximate surface area is 181 Å². The molecule has 3 N–H and O–H groups in total. The average Bonchev–Trinajstić information content (AvgIpc) is 3.23. The first-order valence-corrected chi connectivity index (χ1v) is 11.1. The number of rotatable bonds is 1. The second-order valence-electron chi connectivity index (χ2n) is 7.92. The topological polar surface area (TPSA) is 50.9 Å². The van der Waals surface area contributed by atoms with Crippen LogP contribution in [0.15, 0.2) is 84.9 Å². The quantitative estimate of drug-likeness (QED) is 0.167. The second kappa shape index (κ2) is 6.14. The zero-order chi connectivity index (χ0) is 20.5. The second-order valence-corrected chi connectivity index (χ2v) is 8.94. The number of benzene rings is 5. The largest absolute Gasteiger partial charge is 0.307 e. The van der Waals surface area contributed by atoms with Gasteiger partial charge in [-0.3, -0.25) is 0 Å². The van der Waals surface area contributed by atoms with Crippen LogP contribution in [-0.4, -0.2) is 4.98 Å². The molecule has 31 heavy (non-hydrogen) atoms. The maximum Gasteiger partial charge on any atom is 0.158 e. The summed E-state index contributed by atoms with van der Waals surface area (Å²) in [5.41, 5.74) is 3.80. The van der Waals surface area contributed by atoms with Crippen molar-refractivity contribution in [3.05, 3.63) is 84.9 Å². The van der Waals surface area contributed by atoms with Crippen LogP contribution in [-0.2, 0) is 0 Å². The van der Waals surface area contributed by atoms with E-state index in [2.05, 4.69) is 90.4 Å². The first-order valence-electron chi connectivity index (χ1n) is 10.3. The molecule has 0 spiro atoms. The summed E-state index contributed by atoms with van der Waals surface area (Å²) < 4.78 is 2.37. The van der Waals surface area contributed by atoms with Gasteiger partial charge in [0.05, 0.1) is 10.2 Å². The van der Waals surface area contributed by atoms with Gasteiger partial charge in [-0.2, -0.15) is 0 Å². The molecule has 0 bridgehead atoms. The van der Waals surface area contributed by atoms with Crippen molar-refractivity contribution in [1.82, 2.24) is 4.98 Å². The number of pyridine rings is 1. The Balaban J connectivity index is 1.79. The van der Waals surface area contributed by atoms with Crippen LogP contribution in [0.25, 0.3) is 63.4 Å². The summed E-state index contributed by atoms with van der Waals surface area (Å²) in [5.74, 6) is 6.65. The van der Waals surface area contributed by atoms with E-state index >= 15 is 0 Å². The van der Waals surface area contributed by atoms with E-state index in [4.69, 9.17) is 10.8 Å². The average molecular weight is 416 g/mol. The van der Waals surface area contributed by atoms with Gasteiger partial charge < -0.3 is 5.43 Å². The van der Waals surface area contributed by atoms with Crippen molar-refractivity contribution in [2.45, 2.75) is 0 Å². The van der Waals surface area contributed by atoms with Gasteiger partial charge in [-0.15, -0.1) is 11.3 Å². The lowest BCUT2D eigenvalue weighted by molar-refractivity contribution is 1.29. The molecular formula is C27H17N3S. The van der Waals surface area contributed by atoms with E-state index in [0.29, 0.717) is 0 Å². The number of aromatic nitrogens is 1. The van der Waals surface area contributed by atoms with Crippen LogP contribution in [0.1, 0.15) is 0 Å². The molecule has 5 aromatic carbocycles. The zero-order valence-electron chi connectivity index (χ0n) is 16.5. The molecule has 2 aromatic heterocycles. The number of hydrogen-bond donors (Lipinski definition) is 2. The summed E-state index contributed by atoms with van der Waals surface area (Å²) in [4.78, 5) is 4.90. The third kappa shape index (κ3) is 2.23. The molecule has 0 unspecified atom stereocenters. The monoisotopic (exact) mass is 415 g/mol. The van der Waals surface area contributed by atoms with E-state index in [1.807, 2.05) is 0 Å². The van der Waals surface area contributed by atoms with Crippen molar-refractivity contribution in [2.24, 2.45) is 5.84 Å². The molecule has 0 aliphatic rings. The van der Waals surface area contributed by atoms with E-state index in [0.717, 1.165) is 16.0 Å². The van der Waals surface area contributed by atoms with Gasteiger partial charge in [0.1, 0.15) is 0 Å².